The monoisotopic (exact) mass is 376 g/mol. The van der Waals surface area contributed by atoms with Gasteiger partial charge in [0.25, 0.3) is 0 Å². The molecule has 1 amide bonds. The molecule has 0 aliphatic carbocycles. The number of nitrogens with one attached hydrogen (secondary N) is 1. The van der Waals surface area contributed by atoms with E-state index in [0.717, 1.165) is 18.5 Å². The minimum atomic E-state index is -0.793. The zero-order valence-corrected chi connectivity index (χ0v) is 15.0. The van der Waals surface area contributed by atoms with Crippen molar-refractivity contribution in [2.45, 2.75) is 19.4 Å². The highest BCUT2D eigenvalue weighted by Crippen LogP contribution is 2.22. The number of carboxylic acid groups (broad SMARTS) is 1. The summed E-state index contributed by atoms with van der Waals surface area (Å²) in [7, 11) is 1.56. The Balaban J connectivity index is 0.00000288. The number of nitrogens with zero attached hydrogens (tertiary/aromatic N) is 1. The first-order valence-electron chi connectivity index (χ1n) is 7.54. The molecule has 0 saturated carbocycles. The second-order valence-corrected chi connectivity index (χ2v) is 6.08. The third-order valence-corrected chi connectivity index (χ3v) is 4.18. The number of aliphatic carboxylic acids is 1. The van der Waals surface area contributed by atoms with E-state index < -0.39 is 5.97 Å². The highest BCUT2D eigenvalue weighted by atomic mass is 35.5. The number of rotatable bonds is 6. The fourth-order valence-electron chi connectivity index (χ4n) is 2.74. The molecule has 1 fully saturated rings. The van der Waals surface area contributed by atoms with E-state index >= 15 is 0 Å². The Morgan fingerprint density at radius 3 is 2.88 bits per heavy atom. The number of methoxy groups -OCH3 is 1. The number of halogens is 2. The quantitative estimate of drug-likeness (QED) is 0.795. The molecule has 1 aliphatic rings. The smallest absolute Gasteiger partial charge is 0.307 e. The van der Waals surface area contributed by atoms with Gasteiger partial charge in [0, 0.05) is 23.7 Å². The van der Waals surface area contributed by atoms with Gasteiger partial charge in [-0.25, -0.2) is 0 Å². The van der Waals surface area contributed by atoms with Crippen molar-refractivity contribution in [2.24, 2.45) is 5.92 Å². The Morgan fingerprint density at radius 1 is 1.46 bits per heavy atom. The van der Waals surface area contributed by atoms with Crippen molar-refractivity contribution in [3.05, 3.63) is 28.8 Å². The molecule has 1 aromatic carbocycles. The molecular weight excluding hydrogens is 355 g/mol. The third-order valence-electron chi connectivity index (χ3n) is 3.94. The number of amides is 1. The normalized spacial score (nSPS) is 17.7. The van der Waals surface area contributed by atoms with Gasteiger partial charge in [0.2, 0.25) is 5.91 Å². The van der Waals surface area contributed by atoms with Crippen LogP contribution in [-0.2, 0) is 16.1 Å². The average molecular weight is 377 g/mol. The number of benzene rings is 1. The predicted octanol–water partition coefficient (Wildman–Crippen LogP) is 2.18. The van der Waals surface area contributed by atoms with Gasteiger partial charge < -0.3 is 15.2 Å². The lowest BCUT2D eigenvalue weighted by atomic mass is 9.98. The molecule has 1 unspecified atom stereocenters. The SMILES string of the molecule is COc1ccc(Cl)cc1CNC(=O)CN1CCCC(C(=O)O)C1.Cl. The molecular formula is C16H22Cl2N2O4. The molecule has 0 spiro atoms. The van der Waals surface area contributed by atoms with Crippen LogP contribution >= 0.6 is 24.0 Å². The average Bonchev–Trinajstić information content (AvgIpc) is 2.53. The van der Waals surface area contributed by atoms with Crippen LogP contribution in [-0.4, -0.2) is 48.6 Å². The van der Waals surface area contributed by atoms with Crippen molar-refractivity contribution in [1.29, 1.82) is 0 Å². The number of carboxylic acids is 1. The topological polar surface area (TPSA) is 78.9 Å². The molecule has 2 N–H and O–H groups in total. The fraction of sp³-hybridized carbons (Fsp3) is 0.500. The Morgan fingerprint density at radius 2 is 2.21 bits per heavy atom. The van der Waals surface area contributed by atoms with Crippen LogP contribution in [0.3, 0.4) is 0 Å². The van der Waals surface area contributed by atoms with Gasteiger partial charge in [-0.15, -0.1) is 12.4 Å². The van der Waals surface area contributed by atoms with Crippen LogP contribution in [0.15, 0.2) is 18.2 Å². The highest BCUT2D eigenvalue weighted by Gasteiger charge is 2.26. The van der Waals surface area contributed by atoms with E-state index in [-0.39, 0.29) is 30.8 Å². The molecule has 6 nitrogen and oxygen atoms in total. The Bertz CT molecular complexity index is 583. The van der Waals surface area contributed by atoms with Crippen LogP contribution < -0.4 is 10.1 Å². The van der Waals surface area contributed by atoms with E-state index in [4.69, 9.17) is 21.4 Å². The first-order valence-corrected chi connectivity index (χ1v) is 7.91. The molecule has 8 heteroatoms. The molecule has 0 radical (unpaired) electrons. The molecule has 134 valence electrons. The lowest BCUT2D eigenvalue weighted by Gasteiger charge is -2.29. The summed E-state index contributed by atoms with van der Waals surface area (Å²) in [5.41, 5.74) is 0.801. The summed E-state index contributed by atoms with van der Waals surface area (Å²) in [6.07, 6.45) is 1.47. The van der Waals surface area contributed by atoms with E-state index in [0.29, 0.717) is 30.3 Å². The molecule has 1 aromatic rings. The molecule has 1 heterocycles. The van der Waals surface area contributed by atoms with E-state index in [1.807, 2.05) is 4.90 Å². The number of likely N-dealkylation sites (tertiary alicyclic amines) is 1. The fourth-order valence-corrected chi connectivity index (χ4v) is 2.93. The van der Waals surface area contributed by atoms with E-state index in [1.54, 1.807) is 25.3 Å². The third kappa shape index (κ3) is 5.85. The molecule has 24 heavy (non-hydrogen) atoms. The molecule has 2 rings (SSSR count). The molecule has 0 bridgehead atoms. The van der Waals surface area contributed by atoms with E-state index in [2.05, 4.69) is 5.32 Å². The van der Waals surface area contributed by atoms with E-state index in [1.165, 1.54) is 0 Å². The summed E-state index contributed by atoms with van der Waals surface area (Å²) in [6, 6.07) is 5.24. The largest absolute Gasteiger partial charge is 0.496 e. The van der Waals surface area contributed by atoms with Crippen molar-refractivity contribution in [3.63, 3.8) is 0 Å². The lowest BCUT2D eigenvalue weighted by molar-refractivity contribution is -0.144. The van der Waals surface area contributed by atoms with Gasteiger partial charge in [-0.05, 0) is 37.6 Å². The van der Waals surface area contributed by atoms with Crippen LogP contribution in [0.2, 0.25) is 5.02 Å². The van der Waals surface area contributed by atoms with Gasteiger partial charge >= 0.3 is 5.97 Å². The second-order valence-electron chi connectivity index (χ2n) is 5.65. The van der Waals surface area contributed by atoms with Crippen LogP contribution in [0.25, 0.3) is 0 Å². The Labute approximate surface area is 152 Å². The lowest BCUT2D eigenvalue weighted by Crippen LogP contribution is -2.44. The Hall–Kier alpha value is -1.50. The molecule has 1 aliphatic heterocycles. The summed E-state index contributed by atoms with van der Waals surface area (Å²) in [5.74, 6) is -0.653. The maximum atomic E-state index is 12.1. The van der Waals surface area contributed by atoms with Crippen LogP contribution in [0.5, 0.6) is 5.75 Å². The highest BCUT2D eigenvalue weighted by molar-refractivity contribution is 6.30. The minimum Gasteiger partial charge on any atom is -0.496 e. The number of carbonyl (C=O) groups excluding carboxylic acids is 1. The maximum absolute atomic E-state index is 12.1. The van der Waals surface area contributed by atoms with Crippen molar-refractivity contribution in [1.82, 2.24) is 10.2 Å². The maximum Gasteiger partial charge on any atom is 0.307 e. The van der Waals surface area contributed by atoms with Gasteiger partial charge in [-0.3, -0.25) is 14.5 Å². The zero-order chi connectivity index (χ0) is 16.8. The molecule has 1 saturated heterocycles. The summed E-state index contributed by atoms with van der Waals surface area (Å²) >= 11 is 5.96. The summed E-state index contributed by atoms with van der Waals surface area (Å²) in [4.78, 5) is 25.0. The van der Waals surface area contributed by atoms with E-state index in [9.17, 15) is 9.59 Å². The van der Waals surface area contributed by atoms with Gasteiger partial charge in [-0.2, -0.15) is 0 Å². The first kappa shape index (κ1) is 20.5. The van der Waals surface area contributed by atoms with Crippen LogP contribution in [0.4, 0.5) is 0 Å². The minimum absolute atomic E-state index is 0. The Kier molecular flexibility index (Phi) is 8.31. The van der Waals surface area contributed by atoms with Gasteiger partial charge in [0.05, 0.1) is 19.6 Å². The standard InChI is InChI=1S/C16H21ClN2O4.ClH/c1-23-14-5-4-13(17)7-12(14)8-18-15(20)10-19-6-2-3-11(9-19)16(21)22;/h4-5,7,11H,2-3,6,8-10H2,1H3,(H,18,20)(H,21,22);1H. The number of ether oxygens (including phenoxy) is 1. The summed E-state index contributed by atoms with van der Waals surface area (Å²) < 4.78 is 5.24. The van der Waals surface area contributed by atoms with Gasteiger partial charge in [0.1, 0.15) is 5.75 Å². The van der Waals surface area contributed by atoms with Gasteiger partial charge in [-0.1, -0.05) is 11.6 Å². The number of piperidine rings is 1. The van der Waals surface area contributed by atoms with Crippen molar-refractivity contribution in [2.75, 3.05) is 26.7 Å². The summed E-state index contributed by atoms with van der Waals surface area (Å²) in [5, 5.41) is 12.5. The van der Waals surface area contributed by atoms with Gasteiger partial charge in [0.15, 0.2) is 0 Å². The first-order chi connectivity index (χ1) is 11.0. The molecule has 0 aromatic heterocycles. The van der Waals surface area contributed by atoms with Crippen LogP contribution in [0.1, 0.15) is 18.4 Å². The number of hydrogen-bond acceptors (Lipinski definition) is 4. The van der Waals surface area contributed by atoms with Crippen molar-refractivity contribution in [3.8, 4) is 5.75 Å². The number of carbonyl (C=O) groups is 2. The zero-order valence-electron chi connectivity index (χ0n) is 13.5. The summed E-state index contributed by atoms with van der Waals surface area (Å²) in [6.45, 7) is 1.69. The predicted molar refractivity (Wildman–Crippen MR) is 93.9 cm³/mol. The van der Waals surface area contributed by atoms with Crippen molar-refractivity contribution < 1.29 is 19.4 Å². The number of hydrogen-bond donors (Lipinski definition) is 2. The second kappa shape index (κ2) is 9.71. The molecule has 1 atom stereocenters. The van der Waals surface area contributed by atoms with Crippen LogP contribution in [0, 0.1) is 5.92 Å². The van der Waals surface area contributed by atoms with Crippen molar-refractivity contribution >= 4 is 35.9 Å².